The molecule has 3 heteroatoms. The van der Waals surface area contributed by atoms with Crippen molar-refractivity contribution < 1.29 is 9.47 Å². The highest BCUT2D eigenvalue weighted by molar-refractivity contribution is 7.11. The first-order valence-electron chi connectivity index (χ1n) is 4.17. The predicted octanol–water partition coefficient (Wildman–Crippen LogP) is 2.55. The maximum atomic E-state index is 5.31. The second-order valence-corrected chi connectivity index (χ2v) is 3.30. The van der Waals surface area contributed by atoms with Crippen LogP contribution in [0.4, 0.5) is 0 Å². The average Bonchev–Trinajstić information content (AvgIpc) is 2.89. The van der Waals surface area contributed by atoms with Gasteiger partial charge < -0.3 is 9.47 Å². The van der Waals surface area contributed by atoms with E-state index in [4.69, 9.17) is 4.74 Å². The number of thiophene rings is 1. The Kier molecular flexibility index (Phi) is 4.80. The molecule has 1 aliphatic heterocycles. The highest BCUT2D eigenvalue weighted by Gasteiger charge is 1.94. The van der Waals surface area contributed by atoms with Gasteiger partial charge in [-0.3, -0.25) is 0 Å². The zero-order valence-electron chi connectivity index (χ0n) is 7.29. The molecule has 1 aliphatic rings. The molecule has 0 spiro atoms. The van der Waals surface area contributed by atoms with Crippen molar-refractivity contribution >= 4 is 11.3 Å². The van der Waals surface area contributed by atoms with Crippen LogP contribution in [-0.2, 0) is 4.74 Å². The monoisotopic (exact) mass is 186 g/mol. The molecule has 0 saturated carbocycles. The molecule has 0 atom stereocenters. The third-order valence-electron chi connectivity index (χ3n) is 1.15. The largest absolute Gasteiger partial charge is 0.484 e. The minimum absolute atomic E-state index is 0.834. The van der Waals surface area contributed by atoms with Crippen LogP contribution in [0.15, 0.2) is 17.5 Å². The molecule has 0 amide bonds. The van der Waals surface area contributed by atoms with Crippen LogP contribution < -0.4 is 4.74 Å². The van der Waals surface area contributed by atoms with Gasteiger partial charge in [-0.15, -0.1) is 11.3 Å². The molecule has 0 unspecified atom stereocenters. The molecule has 1 aromatic rings. The van der Waals surface area contributed by atoms with Gasteiger partial charge in [0.2, 0.25) is 0 Å². The molecule has 68 valence electrons. The zero-order chi connectivity index (χ0) is 8.65. The maximum Gasteiger partial charge on any atom is 0.173 e. The van der Waals surface area contributed by atoms with E-state index in [0.29, 0.717) is 0 Å². The summed E-state index contributed by atoms with van der Waals surface area (Å²) >= 11 is 1.64. The van der Waals surface area contributed by atoms with Crippen LogP contribution >= 0.6 is 11.3 Å². The second kappa shape index (κ2) is 6.03. The fourth-order valence-corrected chi connectivity index (χ4v) is 1.15. The van der Waals surface area contributed by atoms with E-state index in [1.54, 1.807) is 11.3 Å². The van der Waals surface area contributed by atoms with Crippen molar-refractivity contribution in [1.82, 2.24) is 0 Å². The first kappa shape index (κ1) is 9.55. The van der Waals surface area contributed by atoms with E-state index in [0.717, 1.165) is 31.3 Å². The van der Waals surface area contributed by atoms with Crippen LogP contribution in [0.5, 0.6) is 5.06 Å². The number of epoxide rings is 1. The molecule has 12 heavy (non-hydrogen) atoms. The summed E-state index contributed by atoms with van der Waals surface area (Å²) in [6, 6.07) is 3.98. The summed E-state index contributed by atoms with van der Waals surface area (Å²) in [6.07, 6.45) is 1.08. The Bertz CT molecular complexity index is 180. The van der Waals surface area contributed by atoms with E-state index >= 15 is 0 Å². The van der Waals surface area contributed by atoms with Gasteiger partial charge in [0.1, 0.15) is 0 Å². The molecule has 0 N–H and O–H groups in total. The lowest BCUT2D eigenvalue weighted by Crippen LogP contribution is -1.91. The second-order valence-electron chi connectivity index (χ2n) is 2.39. The van der Waals surface area contributed by atoms with Gasteiger partial charge in [-0.25, -0.2) is 0 Å². The van der Waals surface area contributed by atoms with Crippen molar-refractivity contribution in [1.29, 1.82) is 0 Å². The van der Waals surface area contributed by atoms with E-state index in [9.17, 15) is 0 Å². The first-order valence-corrected chi connectivity index (χ1v) is 5.05. The number of hydrogen-bond acceptors (Lipinski definition) is 3. The Labute approximate surface area is 77.1 Å². The molecule has 1 aromatic heterocycles. The van der Waals surface area contributed by atoms with Crippen molar-refractivity contribution in [3.05, 3.63) is 17.5 Å². The van der Waals surface area contributed by atoms with Crippen LogP contribution in [-0.4, -0.2) is 19.8 Å². The first-order chi connectivity index (χ1) is 5.93. The Hall–Kier alpha value is -0.540. The molecule has 2 heterocycles. The van der Waals surface area contributed by atoms with Crippen LogP contribution in [0.2, 0.25) is 0 Å². The molecular formula is C9H14O2S. The molecule has 0 bridgehead atoms. The smallest absolute Gasteiger partial charge is 0.173 e. The van der Waals surface area contributed by atoms with Gasteiger partial charge in [0.05, 0.1) is 19.8 Å². The van der Waals surface area contributed by atoms with Gasteiger partial charge in [0, 0.05) is 0 Å². The molecule has 0 aliphatic carbocycles. The standard InChI is InChI=1S/C7H10OS.C2H4O/c1-2-5-8-7-4-3-6-9-7;1-2-3-1/h3-4,6H,2,5H2,1H3;1-2H2. The summed E-state index contributed by atoms with van der Waals surface area (Å²) in [7, 11) is 0. The molecule has 2 nitrogen and oxygen atoms in total. The van der Waals surface area contributed by atoms with Crippen molar-refractivity contribution in [2.75, 3.05) is 19.8 Å². The van der Waals surface area contributed by atoms with Crippen LogP contribution in [0.1, 0.15) is 13.3 Å². The molecule has 1 fully saturated rings. The van der Waals surface area contributed by atoms with Gasteiger partial charge in [-0.2, -0.15) is 0 Å². The quantitative estimate of drug-likeness (QED) is 0.677. The molecule has 1 saturated heterocycles. The summed E-state index contributed by atoms with van der Waals surface area (Å²) in [4.78, 5) is 0. The summed E-state index contributed by atoms with van der Waals surface area (Å²) in [6.45, 7) is 4.94. The van der Waals surface area contributed by atoms with Crippen LogP contribution in [0.3, 0.4) is 0 Å². The van der Waals surface area contributed by atoms with E-state index in [1.807, 2.05) is 17.5 Å². The Morgan fingerprint density at radius 3 is 2.75 bits per heavy atom. The SMILES string of the molecule is C1CO1.CCCOc1cccs1. The topological polar surface area (TPSA) is 21.8 Å². The van der Waals surface area contributed by atoms with Crippen molar-refractivity contribution in [2.45, 2.75) is 13.3 Å². The molecule has 0 aromatic carbocycles. The van der Waals surface area contributed by atoms with Gasteiger partial charge in [-0.1, -0.05) is 6.92 Å². The minimum atomic E-state index is 0.834. The normalized spacial score (nSPS) is 13.1. The van der Waals surface area contributed by atoms with Gasteiger partial charge in [0.25, 0.3) is 0 Å². The lowest BCUT2D eigenvalue weighted by atomic mass is 10.5. The van der Waals surface area contributed by atoms with Crippen molar-refractivity contribution in [3.63, 3.8) is 0 Å². The number of rotatable bonds is 3. The van der Waals surface area contributed by atoms with E-state index < -0.39 is 0 Å². The van der Waals surface area contributed by atoms with Gasteiger partial charge in [-0.05, 0) is 23.9 Å². The third kappa shape index (κ3) is 5.16. The number of ether oxygens (including phenoxy) is 2. The van der Waals surface area contributed by atoms with E-state index in [-0.39, 0.29) is 0 Å². The van der Waals surface area contributed by atoms with Crippen LogP contribution in [0.25, 0.3) is 0 Å². The van der Waals surface area contributed by atoms with E-state index in [1.165, 1.54) is 0 Å². The zero-order valence-corrected chi connectivity index (χ0v) is 8.10. The summed E-state index contributed by atoms with van der Waals surface area (Å²) < 4.78 is 9.81. The van der Waals surface area contributed by atoms with Crippen molar-refractivity contribution in [3.8, 4) is 5.06 Å². The summed E-state index contributed by atoms with van der Waals surface area (Å²) in [5.74, 6) is 0. The lowest BCUT2D eigenvalue weighted by molar-refractivity contribution is 0.326. The maximum absolute atomic E-state index is 5.31. The molecule has 2 rings (SSSR count). The van der Waals surface area contributed by atoms with Gasteiger partial charge in [0.15, 0.2) is 5.06 Å². The number of hydrogen-bond donors (Lipinski definition) is 0. The Balaban J connectivity index is 0.000000200. The highest BCUT2D eigenvalue weighted by atomic mass is 32.1. The van der Waals surface area contributed by atoms with E-state index in [2.05, 4.69) is 11.7 Å². The Morgan fingerprint density at radius 1 is 1.58 bits per heavy atom. The molecule has 0 radical (unpaired) electrons. The lowest BCUT2D eigenvalue weighted by Gasteiger charge is -1.97. The minimum Gasteiger partial charge on any atom is -0.484 e. The highest BCUT2D eigenvalue weighted by Crippen LogP contribution is 2.17. The average molecular weight is 186 g/mol. The molecular weight excluding hydrogens is 172 g/mol. The van der Waals surface area contributed by atoms with Crippen LogP contribution in [0, 0.1) is 0 Å². The third-order valence-corrected chi connectivity index (χ3v) is 1.93. The Morgan fingerprint density at radius 2 is 2.33 bits per heavy atom. The fourth-order valence-electron chi connectivity index (χ4n) is 0.548. The summed E-state index contributed by atoms with van der Waals surface area (Å²) in [5, 5.41) is 3.04. The van der Waals surface area contributed by atoms with Crippen molar-refractivity contribution in [2.24, 2.45) is 0 Å². The van der Waals surface area contributed by atoms with Gasteiger partial charge >= 0.3 is 0 Å². The fraction of sp³-hybridized carbons (Fsp3) is 0.556. The predicted molar refractivity (Wildman–Crippen MR) is 50.9 cm³/mol. The summed E-state index contributed by atoms with van der Waals surface area (Å²) in [5.41, 5.74) is 0.